The summed E-state index contributed by atoms with van der Waals surface area (Å²) in [7, 11) is 0. The molecule has 3 aromatic rings. The predicted octanol–water partition coefficient (Wildman–Crippen LogP) is 8.67. The SMILES string of the molecule is CCC1=C(CC)/C(=C\c2[nH]c(-c3[nH]cc(CC)c3CC)c(CC)c2CC)N=C1c1[nH]cc(CC)c1CC. The van der Waals surface area contributed by atoms with Crippen molar-refractivity contribution in [3.63, 3.8) is 0 Å². The van der Waals surface area contributed by atoms with Gasteiger partial charge in [0.15, 0.2) is 0 Å². The van der Waals surface area contributed by atoms with Gasteiger partial charge in [-0.15, -0.1) is 0 Å². The number of allylic oxidation sites excluding steroid dienone is 2. The van der Waals surface area contributed by atoms with Crippen LogP contribution in [0.5, 0.6) is 0 Å². The van der Waals surface area contributed by atoms with Crippen LogP contribution >= 0.6 is 0 Å². The Balaban J connectivity index is 1.90. The van der Waals surface area contributed by atoms with Crippen LogP contribution in [0, 0.1) is 0 Å². The van der Waals surface area contributed by atoms with Crippen molar-refractivity contribution in [1.82, 2.24) is 15.0 Å². The van der Waals surface area contributed by atoms with E-state index in [9.17, 15) is 0 Å². The van der Waals surface area contributed by atoms with E-state index in [1.165, 1.54) is 67.3 Å². The molecular weight excluding hydrogens is 452 g/mol. The molecule has 1 aliphatic heterocycles. The molecule has 0 fully saturated rings. The first kappa shape index (κ1) is 27.0. The van der Waals surface area contributed by atoms with Crippen LogP contribution < -0.4 is 0 Å². The molecule has 0 atom stereocenters. The highest BCUT2D eigenvalue weighted by atomic mass is 14.9. The van der Waals surface area contributed by atoms with E-state index in [1.807, 2.05) is 0 Å². The standard InChI is InChI=1S/C33H46N4/c1-9-20-18-34-30(22(20)11-3)32-26(15-7)24(13-5)28(36-32)17-29-25(14-6)27(16-8)33(37-29)31-23(12-4)21(10-2)19-35-31/h17-19,34-36H,9-16H2,1-8H3/b29-17+. The quantitative estimate of drug-likeness (QED) is 0.237. The summed E-state index contributed by atoms with van der Waals surface area (Å²) in [6.07, 6.45) is 14.8. The number of H-pyrrole nitrogens is 3. The lowest BCUT2D eigenvalue weighted by Crippen LogP contribution is -2.06. The molecule has 0 amide bonds. The maximum Gasteiger partial charge on any atom is 0.0909 e. The van der Waals surface area contributed by atoms with Gasteiger partial charge in [0.25, 0.3) is 0 Å². The highest BCUT2D eigenvalue weighted by molar-refractivity contribution is 6.16. The first-order valence-corrected chi connectivity index (χ1v) is 14.7. The summed E-state index contributed by atoms with van der Waals surface area (Å²) >= 11 is 0. The van der Waals surface area contributed by atoms with E-state index in [4.69, 9.17) is 4.99 Å². The summed E-state index contributed by atoms with van der Waals surface area (Å²) in [5, 5.41) is 0. The van der Waals surface area contributed by atoms with E-state index in [0.717, 1.165) is 62.8 Å². The molecule has 0 aromatic carbocycles. The minimum atomic E-state index is 0.983. The molecule has 3 N–H and O–H groups in total. The van der Waals surface area contributed by atoms with E-state index in [1.54, 1.807) is 0 Å². The summed E-state index contributed by atoms with van der Waals surface area (Å²) in [6, 6.07) is 0. The lowest BCUT2D eigenvalue weighted by Gasteiger charge is -2.08. The fourth-order valence-corrected chi connectivity index (χ4v) is 6.38. The number of aliphatic imine (C=N–C) groups is 1. The molecule has 0 unspecified atom stereocenters. The molecule has 0 aliphatic carbocycles. The molecule has 0 saturated carbocycles. The summed E-state index contributed by atoms with van der Waals surface area (Å²) < 4.78 is 0. The molecule has 0 spiro atoms. The number of hydrogen-bond donors (Lipinski definition) is 3. The van der Waals surface area contributed by atoms with Gasteiger partial charge in [-0.25, -0.2) is 4.99 Å². The molecule has 37 heavy (non-hydrogen) atoms. The fourth-order valence-electron chi connectivity index (χ4n) is 6.38. The number of nitrogens with zero attached hydrogens (tertiary/aromatic N) is 1. The van der Waals surface area contributed by atoms with Crippen molar-refractivity contribution in [3.8, 4) is 11.4 Å². The zero-order valence-electron chi connectivity index (χ0n) is 24.3. The van der Waals surface area contributed by atoms with Gasteiger partial charge in [0.1, 0.15) is 0 Å². The number of aryl methyl sites for hydroxylation is 2. The normalized spacial score (nSPS) is 14.9. The van der Waals surface area contributed by atoms with Crippen LogP contribution in [0.3, 0.4) is 0 Å². The molecule has 0 saturated heterocycles. The minimum absolute atomic E-state index is 0.983. The van der Waals surface area contributed by atoms with Gasteiger partial charge in [0, 0.05) is 18.1 Å². The van der Waals surface area contributed by atoms with Crippen LogP contribution in [0.15, 0.2) is 34.2 Å². The van der Waals surface area contributed by atoms with E-state index in [2.05, 4.69) is 88.8 Å². The fraction of sp³-hybridized carbons (Fsp3) is 0.485. The smallest absolute Gasteiger partial charge is 0.0909 e. The Morgan fingerprint density at radius 2 is 1.11 bits per heavy atom. The van der Waals surface area contributed by atoms with Gasteiger partial charge < -0.3 is 15.0 Å². The van der Waals surface area contributed by atoms with Gasteiger partial charge in [-0.05, 0) is 102 Å². The predicted molar refractivity (Wildman–Crippen MR) is 160 cm³/mol. The minimum Gasteiger partial charge on any atom is -0.359 e. The second-order valence-electron chi connectivity index (χ2n) is 9.98. The average molecular weight is 499 g/mol. The summed E-state index contributed by atoms with van der Waals surface area (Å²) in [5.74, 6) is 0. The molecule has 198 valence electrons. The molecule has 4 rings (SSSR count). The summed E-state index contributed by atoms with van der Waals surface area (Å²) in [4.78, 5) is 16.4. The first-order chi connectivity index (χ1) is 18.0. The van der Waals surface area contributed by atoms with Gasteiger partial charge >= 0.3 is 0 Å². The monoisotopic (exact) mass is 498 g/mol. The highest BCUT2D eigenvalue weighted by Crippen LogP contribution is 2.38. The van der Waals surface area contributed by atoms with Crippen molar-refractivity contribution in [2.45, 2.75) is 107 Å². The Labute approximate surface area is 223 Å². The number of rotatable bonds is 11. The summed E-state index contributed by atoms with van der Waals surface area (Å²) in [6.45, 7) is 18.1. The lowest BCUT2D eigenvalue weighted by atomic mass is 9.95. The van der Waals surface area contributed by atoms with Crippen molar-refractivity contribution in [3.05, 3.63) is 74.0 Å². The largest absolute Gasteiger partial charge is 0.359 e. The van der Waals surface area contributed by atoms with Gasteiger partial charge in [0.2, 0.25) is 0 Å². The maximum atomic E-state index is 5.32. The third kappa shape index (κ3) is 4.60. The van der Waals surface area contributed by atoms with Crippen LogP contribution in [-0.4, -0.2) is 20.7 Å². The van der Waals surface area contributed by atoms with Crippen LogP contribution in [-0.2, 0) is 38.5 Å². The lowest BCUT2D eigenvalue weighted by molar-refractivity contribution is 1.04. The number of aromatic nitrogens is 3. The van der Waals surface area contributed by atoms with Crippen LogP contribution in [0.25, 0.3) is 17.5 Å². The second kappa shape index (κ2) is 11.6. The Hall–Kier alpha value is -3.01. The van der Waals surface area contributed by atoms with E-state index in [0.29, 0.717) is 0 Å². The molecular formula is C33H46N4. The third-order valence-corrected chi connectivity index (χ3v) is 8.25. The van der Waals surface area contributed by atoms with Crippen LogP contribution in [0.4, 0.5) is 0 Å². The molecule has 0 radical (unpaired) electrons. The molecule has 4 heterocycles. The van der Waals surface area contributed by atoms with Crippen molar-refractivity contribution < 1.29 is 0 Å². The molecule has 4 heteroatoms. The Morgan fingerprint density at radius 1 is 0.568 bits per heavy atom. The van der Waals surface area contributed by atoms with Gasteiger partial charge in [0.05, 0.1) is 28.5 Å². The van der Waals surface area contributed by atoms with Crippen LogP contribution in [0.1, 0.15) is 113 Å². The molecule has 0 bridgehead atoms. The number of nitrogens with one attached hydrogen (secondary N) is 3. The van der Waals surface area contributed by atoms with Gasteiger partial charge in [-0.2, -0.15) is 0 Å². The first-order valence-electron chi connectivity index (χ1n) is 14.7. The zero-order chi connectivity index (χ0) is 26.7. The Bertz CT molecular complexity index is 1350. The highest BCUT2D eigenvalue weighted by Gasteiger charge is 2.27. The maximum absolute atomic E-state index is 5.32. The van der Waals surface area contributed by atoms with Gasteiger partial charge in [-0.3, -0.25) is 0 Å². The van der Waals surface area contributed by atoms with Crippen molar-refractivity contribution in [2.24, 2.45) is 4.99 Å². The van der Waals surface area contributed by atoms with Gasteiger partial charge in [-0.1, -0.05) is 55.4 Å². The number of hydrogen-bond acceptors (Lipinski definition) is 1. The third-order valence-electron chi connectivity index (χ3n) is 8.25. The van der Waals surface area contributed by atoms with Crippen LogP contribution in [0.2, 0.25) is 0 Å². The topological polar surface area (TPSA) is 59.7 Å². The van der Waals surface area contributed by atoms with Crippen molar-refractivity contribution >= 4 is 11.8 Å². The average Bonchev–Trinajstić information content (AvgIpc) is 3.68. The van der Waals surface area contributed by atoms with Crippen molar-refractivity contribution in [1.29, 1.82) is 0 Å². The second-order valence-corrected chi connectivity index (χ2v) is 9.98. The Kier molecular flexibility index (Phi) is 8.46. The molecule has 3 aromatic heterocycles. The zero-order valence-corrected chi connectivity index (χ0v) is 24.3. The Morgan fingerprint density at radius 3 is 1.62 bits per heavy atom. The number of aromatic amines is 3. The van der Waals surface area contributed by atoms with E-state index < -0.39 is 0 Å². The summed E-state index contributed by atoms with van der Waals surface area (Å²) in [5.41, 5.74) is 18.5. The van der Waals surface area contributed by atoms with Crippen molar-refractivity contribution in [2.75, 3.05) is 0 Å². The molecule has 1 aliphatic rings. The van der Waals surface area contributed by atoms with E-state index >= 15 is 0 Å². The van der Waals surface area contributed by atoms with E-state index in [-0.39, 0.29) is 0 Å². The molecule has 4 nitrogen and oxygen atoms in total.